The van der Waals surface area contributed by atoms with Crippen LogP contribution in [0, 0.1) is 5.92 Å². The lowest BCUT2D eigenvalue weighted by Gasteiger charge is -2.26. The predicted molar refractivity (Wildman–Crippen MR) is 116 cm³/mol. The number of nitrogens with one attached hydrogen (secondary N) is 1. The van der Waals surface area contributed by atoms with Gasteiger partial charge in [-0.1, -0.05) is 0 Å². The number of fused-ring (bicyclic) bond motifs is 1. The molecular weight excluding hydrogens is 378 g/mol. The quantitative estimate of drug-likeness (QED) is 0.488. The second kappa shape index (κ2) is 7.67. The molecule has 0 unspecified atom stereocenters. The van der Waals surface area contributed by atoms with E-state index in [1.54, 1.807) is 26.6 Å². The molecule has 152 valence electrons. The van der Waals surface area contributed by atoms with Crippen molar-refractivity contribution in [2.45, 2.75) is 12.8 Å². The molecule has 0 saturated heterocycles. The molecule has 2 heterocycles. The van der Waals surface area contributed by atoms with Crippen LogP contribution in [0.15, 0.2) is 54.9 Å². The van der Waals surface area contributed by atoms with Crippen LogP contribution in [0.1, 0.15) is 12.8 Å². The number of ether oxygens (including phenoxy) is 2. The molecule has 2 aromatic heterocycles. The summed E-state index contributed by atoms with van der Waals surface area (Å²) in [5, 5.41) is 6.96. The Hall–Kier alpha value is -3.61. The Morgan fingerprint density at radius 1 is 0.967 bits per heavy atom. The maximum absolute atomic E-state index is 5.49. The summed E-state index contributed by atoms with van der Waals surface area (Å²) in [6, 6.07) is 14.1. The molecule has 0 atom stereocenters. The minimum Gasteiger partial charge on any atom is -0.497 e. The first-order chi connectivity index (χ1) is 14.7. The van der Waals surface area contributed by atoms with Crippen LogP contribution >= 0.6 is 0 Å². The van der Waals surface area contributed by atoms with Crippen LogP contribution in [-0.2, 0) is 0 Å². The Morgan fingerprint density at radius 2 is 1.77 bits per heavy atom. The Kier molecular flexibility index (Phi) is 4.71. The van der Waals surface area contributed by atoms with Crippen molar-refractivity contribution in [2.24, 2.45) is 5.92 Å². The minimum absolute atomic E-state index is 0.695. The fourth-order valence-corrected chi connectivity index (χ4v) is 3.56. The van der Waals surface area contributed by atoms with Gasteiger partial charge < -0.3 is 14.4 Å². The average molecular weight is 401 g/mol. The minimum atomic E-state index is 0.695. The summed E-state index contributed by atoms with van der Waals surface area (Å²) in [5.74, 6) is 2.24. The number of methoxy groups -OCH3 is 2. The lowest BCUT2D eigenvalue weighted by molar-refractivity contribution is 0.394. The summed E-state index contributed by atoms with van der Waals surface area (Å²) in [5.41, 5.74) is 5.43. The van der Waals surface area contributed by atoms with Crippen molar-refractivity contribution in [2.75, 3.05) is 25.7 Å². The van der Waals surface area contributed by atoms with Crippen molar-refractivity contribution in [3.63, 3.8) is 0 Å². The number of aromatic amines is 1. The van der Waals surface area contributed by atoms with E-state index >= 15 is 0 Å². The van der Waals surface area contributed by atoms with Gasteiger partial charge in [0.15, 0.2) is 0 Å². The van der Waals surface area contributed by atoms with Gasteiger partial charge in [0.2, 0.25) is 0 Å². The Morgan fingerprint density at radius 3 is 2.43 bits per heavy atom. The molecule has 0 spiro atoms. The fourth-order valence-electron chi connectivity index (χ4n) is 3.56. The maximum Gasteiger partial charge on any atom is 0.124 e. The third-order valence-corrected chi connectivity index (χ3v) is 5.40. The molecule has 0 amide bonds. The summed E-state index contributed by atoms with van der Waals surface area (Å²) < 4.78 is 11.0. The Balaban J connectivity index is 1.58. The van der Waals surface area contributed by atoms with Gasteiger partial charge in [-0.05, 0) is 43.0 Å². The highest BCUT2D eigenvalue weighted by molar-refractivity contribution is 5.82. The maximum atomic E-state index is 5.49. The average Bonchev–Trinajstić information content (AvgIpc) is 3.45. The van der Waals surface area contributed by atoms with Gasteiger partial charge in [0.25, 0.3) is 0 Å². The van der Waals surface area contributed by atoms with Gasteiger partial charge in [0.05, 0.1) is 37.1 Å². The van der Waals surface area contributed by atoms with Crippen molar-refractivity contribution in [1.82, 2.24) is 20.2 Å². The highest BCUT2D eigenvalue weighted by Gasteiger charge is 2.26. The normalized spacial score (nSPS) is 13.4. The zero-order valence-electron chi connectivity index (χ0n) is 17.0. The van der Waals surface area contributed by atoms with Crippen molar-refractivity contribution in [1.29, 1.82) is 0 Å². The van der Waals surface area contributed by atoms with E-state index in [0.29, 0.717) is 5.92 Å². The van der Waals surface area contributed by atoms with Gasteiger partial charge >= 0.3 is 0 Å². The summed E-state index contributed by atoms with van der Waals surface area (Å²) in [6.45, 7) is 0.940. The number of nitrogens with zero attached hydrogens (tertiary/aromatic N) is 4. The van der Waals surface area contributed by atoms with Crippen LogP contribution in [0.3, 0.4) is 0 Å². The Labute approximate surface area is 174 Å². The molecule has 1 fully saturated rings. The van der Waals surface area contributed by atoms with E-state index in [9.17, 15) is 0 Å². The third kappa shape index (κ3) is 3.66. The number of hydrogen-bond acceptors (Lipinski definition) is 6. The molecule has 0 aliphatic heterocycles. The number of anilines is 2. The zero-order valence-corrected chi connectivity index (χ0v) is 17.0. The lowest BCUT2D eigenvalue weighted by atomic mass is 10.1. The van der Waals surface area contributed by atoms with Crippen LogP contribution in [0.2, 0.25) is 0 Å². The summed E-state index contributed by atoms with van der Waals surface area (Å²) in [7, 11) is 3.35. The van der Waals surface area contributed by atoms with E-state index in [1.165, 1.54) is 12.8 Å². The standard InChI is InChI=1S/C23H23N5O2/c1-29-18-9-17(10-19(12-18)30-2)28(14-15-3-4-15)16-5-6-20-22(11-16)26-23(13-24-20)21-7-8-25-27-21/h5-13,15H,3-4,14H2,1-2H3,(H,25,27). The molecule has 4 aromatic rings. The lowest BCUT2D eigenvalue weighted by Crippen LogP contribution is -2.20. The van der Waals surface area contributed by atoms with Crippen LogP contribution in [0.5, 0.6) is 11.5 Å². The first kappa shape index (κ1) is 18.4. The number of rotatable bonds is 7. The molecule has 7 heteroatoms. The van der Waals surface area contributed by atoms with Crippen molar-refractivity contribution in [3.05, 3.63) is 54.9 Å². The van der Waals surface area contributed by atoms with E-state index in [4.69, 9.17) is 14.5 Å². The molecule has 1 aliphatic carbocycles. The molecule has 5 rings (SSSR count). The van der Waals surface area contributed by atoms with Gasteiger partial charge in [-0.25, -0.2) is 4.98 Å². The summed E-state index contributed by atoms with van der Waals surface area (Å²) in [6.07, 6.45) is 6.00. The molecule has 0 bridgehead atoms. The van der Waals surface area contributed by atoms with Crippen molar-refractivity contribution < 1.29 is 9.47 Å². The number of H-pyrrole nitrogens is 1. The molecule has 1 N–H and O–H groups in total. The monoisotopic (exact) mass is 401 g/mol. The fraction of sp³-hybridized carbons (Fsp3) is 0.261. The van der Waals surface area contributed by atoms with Crippen LogP contribution in [0.25, 0.3) is 22.4 Å². The van der Waals surface area contributed by atoms with E-state index in [2.05, 4.69) is 32.2 Å². The summed E-state index contributed by atoms with van der Waals surface area (Å²) in [4.78, 5) is 11.7. The molecule has 1 saturated carbocycles. The van der Waals surface area contributed by atoms with Crippen molar-refractivity contribution >= 4 is 22.4 Å². The van der Waals surface area contributed by atoms with E-state index in [0.717, 1.165) is 51.8 Å². The SMILES string of the molecule is COc1cc(OC)cc(N(CC2CC2)c2ccc3ncc(-c4ccn[nH]4)nc3c2)c1. The first-order valence-electron chi connectivity index (χ1n) is 10.0. The largest absolute Gasteiger partial charge is 0.497 e. The molecule has 2 aromatic carbocycles. The van der Waals surface area contributed by atoms with Crippen LogP contribution < -0.4 is 14.4 Å². The van der Waals surface area contributed by atoms with Gasteiger partial charge in [0, 0.05) is 42.3 Å². The molecule has 30 heavy (non-hydrogen) atoms. The second-order valence-electron chi connectivity index (χ2n) is 7.52. The van der Waals surface area contributed by atoms with Gasteiger partial charge in [-0.15, -0.1) is 0 Å². The number of aromatic nitrogens is 4. The molecule has 1 aliphatic rings. The van der Waals surface area contributed by atoms with Crippen LogP contribution in [-0.4, -0.2) is 40.9 Å². The van der Waals surface area contributed by atoms with Gasteiger partial charge in [0.1, 0.15) is 17.2 Å². The highest BCUT2D eigenvalue weighted by atomic mass is 16.5. The van der Waals surface area contributed by atoms with E-state index in [1.807, 2.05) is 30.3 Å². The predicted octanol–water partition coefficient (Wildman–Crippen LogP) is 4.59. The summed E-state index contributed by atoms with van der Waals surface area (Å²) >= 11 is 0. The number of benzene rings is 2. The topological polar surface area (TPSA) is 76.2 Å². The highest BCUT2D eigenvalue weighted by Crippen LogP contribution is 2.38. The third-order valence-electron chi connectivity index (χ3n) is 5.40. The molecular formula is C23H23N5O2. The molecule has 7 nitrogen and oxygen atoms in total. The molecule has 0 radical (unpaired) electrons. The second-order valence-corrected chi connectivity index (χ2v) is 7.52. The first-order valence-corrected chi connectivity index (χ1v) is 10.0. The van der Waals surface area contributed by atoms with Crippen molar-refractivity contribution in [3.8, 4) is 22.9 Å². The van der Waals surface area contributed by atoms with Gasteiger partial charge in [-0.3, -0.25) is 10.1 Å². The van der Waals surface area contributed by atoms with Crippen LogP contribution in [0.4, 0.5) is 11.4 Å². The van der Waals surface area contributed by atoms with E-state index in [-0.39, 0.29) is 0 Å². The smallest absolute Gasteiger partial charge is 0.124 e. The van der Waals surface area contributed by atoms with Gasteiger partial charge in [-0.2, -0.15) is 5.10 Å². The van der Waals surface area contributed by atoms with E-state index < -0.39 is 0 Å². The Bertz CT molecular complexity index is 1150. The zero-order chi connectivity index (χ0) is 20.5. The number of hydrogen-bond donors (Lipinski definition) is 1.